The molecule has 1 radical (unpaired) electrons. The Morgan fingerprint density at radius 3 is 1.81 bits per heavy atom. The maximum atomic E-state index is 7.35. The van der Waals surface area contributed by atoms with Crippen molar-refractivity contribution >= 4 is 46.4 Å². The van der Waals surface area contributed by atoms with E-state index in [1.165, 1.54) is 44.6 Å². The van der Waals surface area contributed by atoms with E-state index in [0.29, 0.717) is 11.2 Å². The molecule has 11 aromatic rings. The summed E-state index contributed by atoms with van der Waals surface area (Å²) in [6.45, 7) is 20.5. The van der Waals surface area contributed by atoms with Gasteiger partial charge in [0, 0.05) is 52.6 Å². The first-order valence-corrected chi connectivity index (χ1v) is 28.9. The molecule has 0 atom stereocenters. The molecule has 373 valence electrons. The second-order valence-corrected chi connectivity index (χ2v) is 26.8. The van der Waals surface area contributed by atoms with Crippen molar-refractivity contribution in [1.82, 2.24) is 19.5 Å². The molecular formula is C67H64IrN4OSi-2. The standard InChI is InChI=1S/C52H46N3O.C15H18NSi.Ir/c1-32(2)43-29-39(35-17-12-9-13-18-35)30-44(33(3)4)48(43)55-45-27-28-47(52(5,6)7)53-50(45)54-51(55)42-20-14-19-41-40-26-25-38(31-46(40)56-49(41)42)37-23-21-36(22-24-37)34-15-10-8-11-16-34;1-12-5-7-13(8-6-12)15-10-9-14(11-16-15)17(2,3)4;/h8-19,21-33H,1-7H3;5-7,9-11H,1-4H3;/q2*-1;/i;1D3;. The van der Waals surface area contributed by atoms with Gasteiger partial charge in [-0.05, 0) is 97.6 Å². The van der Waals surface area contributed by atoms with Gasteiger partial charge in [-0.15, -0.1) is 53.6 Å². The zero-order chi connectivity index (χ0) is 53.7. The van der Waals surface area contributed by atoms with Crippen LogP contribution in [0, 0.1) is 19.0 Å². The van der Waals surface area contributed by atoms with Gasteiger partial charge in [0.15, 0.2) is 5.65 Å². The molecule has 74 heavy (non-hydrogen) atoms. The van der Waals surface area contributed by atoms with Crippen LogP contribution in [0.15, 0.2) is 180 Å². The number of imidazole rings is 1. The predicted molar refractivity (Wildman–Crippen MR) is 310 cm³/mol. The average Bonchev–Trinajstić information content (AvgIpc) is 4.04. The minimum atomic E-state index is -2.08. The topological polar surface area (TPSA) is 56.7 Å². The van der Waals surface area contributed by atoms with Crippen LogP contribution in [0.25, 0.3) is 94.8 Å². The van der Waals surface area contributed by atoms with E-state index in [0.717, 1.165) is 72.6 Å². The van der Waals surface area contributed by atoms with E-state index in [1.54, 1.807) is 12.1 Å². The number of furan rings is 1. The van der Waals surface area contributed by atoms with Crippen LogP contribution in [0.4, 0.5) is 0 Å². The number of aryl methyl sites for hydroxylation is 1. The monoisotopic (exact) mass is 1160 g/mol. The van der Waals surface area contributed by atoms with Crippen LogP contribution in [0.1, 0.15) is 86.8 Å². The first kappa shape index (κ1) is 47.9. The van der Waals surface area contributed by atoms with Crippen LogP contribution in [0.3, 0.4) is 0 Å². The summed E-state index contributed by atoms with van der Waals surface area (Å²) in [5.41, 5.74) is 17.7. The second-order valence-electron chi connectivity index (χ2n) is 21.8. The molecule has 0 aliphatic carbocycles. The van der Waals surface area contributed by atoms with Gasteiger partial charge in [0.05, 0.1) is 25.0 Å². The Kier molecular flexibility index (Phi) is 13.7. The van der Waals surface area contributed by atoms with Crippen molar-refractivity contribution in [3.8, 4) is 61.7 Å². The van der Waals surface area contributed by atoms with Crippen molar-refractivity contribution in [2.45, 2.75) is 92.2 Å². The summed E-state index contributed by atoms with van der Waals surface area (Å²) in [6.07, 6.45) is 1.92. The Balaban J connectivity index is 0.000000290. The Labute approximate surface area is 456 Å². The molecule has 0 N–H and O–H groups in total. The Hall–Kier alpha value is -7.02. The van der Waals surface area contributed by atoms with Crippen LogP contribution in [-0.4, -0.2) is 27.6 Å². The van der Waals surface area contributed by atoms with E-state index >= 15 is 0 Å². The normalized spacial score (nSPS) is 12.6. The quantitative estimate of drug-likeness (QED) is 0.107. The summed E-state index contributed by atoms with van der Waals surface area (Å²) in [4.78, 5) is 15.1. The molecule has 0 saturated heterocycles. The van der Waals surface area contributed by atoms with Gasteiger partial charge in [0.2, 0.25) is 0 Å². The van der Waals surface area contributed by atoms with Gasteiger partial charge in [-0.25, -0.2) is 4.98 Å². The van der Waals surface area contributed by atoms with E-state index < -0.39 is 14.9 Å². The van der Waals surface area contributed by atoms with E-state index in [4.69, 9.17) is 18.5 Å². The molecule has 0 bridgehead atoms. The van der Waals surface area contributed by atoms with Crippen LogP contribution >= 0.6 is 0 Å². The van der Waals surface area contributed by atoms with Crippen molar-refractivity contribution in [3.05, 3.63) is 211 Å². The van der Waals surface area contributed by atoms with Crippen LogP contribution in [-0.2, 0) is 25.5 Å². The van der Waals surface area contributed by atoms with Gasteiger partial charge in [0.25, 0.3) is 0 Å². The van der Waals surface area contributed by atoms with E-state index in [2.05, 4.69) is 223 Å². The maximum Gasteiger partial charge on any atom is 0.168 e. The minimum absolute atomic E-state index is 0. The van der Waals surface area contributed by atoms with Crippen molar-refractivity contribution in [1.29, 1.82) is 0 Å². The smallest absolute Gasteiger partial charge is 0.168 e. The molecule has 0 spiro atoms. The largest absolute Gasteiger partial charge is 0.501 e. The Morgan fingerprint density at radius 1 is 0.622 bits per heavy atom. The van der Waals surface area contributed by atoms with E-state index in [-0.39, 0.29) is 37.4 Å². The molecule has 7 heteroatoms. The molecule has 0 unspecified atom stereocenters. The second kappa shape index (κ2) is 21.1. The number of hydrogen-bond donors (Lipinski definition) is 0. The fourth-order valence-corrected chi connectivity index (χ4v) is 10.6. The van der Waals surface area contributed by atoms with Crippen LogP contribution in [0.2, 0.25) is 19.6 Å². The molecule has 5 nitrogen and oxygen atoms in total. The Bertz CT molecular complexity index is 3770. The fraction of sp³-hybridized carbons (Fsp3) is 0.209. The number of fused-ring (bicyclic) bond motifs is 4. The number of rotatable bonds is 9. The molecule has 0 aliphatic heterocycles. The van der Waals surface area contributed by atoms with E-state index in [1.807, 2.05) is 24.4 Å². The number of nitrogens with zero attached hydrogens (tertiary/aromatic N) is 4. The molecule has 0 amide bonds. The van der Waals surface area contributed by atoms with Gasteiger partial charge < -0.3 is 14.0 Å². The summed E-state index contributed by atoms with van der Waals surface area (Å²) >= 11 is 0. The zero-order valence-electron chi connectivity index (χ0n) is 46.9. The molecule has 4 aromatic heterocycles. The van der Waals surface area contributed by atoms with Gasteiger partial charge in [-0.3, -0.25) is 4.98 Å². The van der Waals surface area contributed by atoms with Crippen molar-refractivity contribution in [2.24, 2.45) is 0 Å². The summed E-state index contributed by atoms with van der Waals surface area (Å²) in [5.74, 6) is 1.25. The molecular weight excluding hydrogens is 1100 g/mol. The fourth-order valence-electron chi connectivity index (χ4n) is 9.54. The van der Waals surface area contributed by atoms with Crippen molar-refractivity contribution in [2.75, 3.05) is 0 Å². The molecule has 0 fully saturated rings. The summed E-state index contributed by atoms with van der Waals surface area (Å²) < 4.78 is 31.3. The summed E-state index contributed by atoms with van der Waals surface area (Å²) in [6, 6.07) is 65.3. The van der Waals surface area contributed by atoms with Crippen molar-refractivity contribution in [3.63, 3.8) is 0 Å². The summed E-state index contributed by atoms with van der Waals surface area (Å²) in [5, 5.41) is 3.41. The number of hydrogen-bond acceptors (Lipinski definition) is 4. The SMILES string of the molecule is CC(C)c1cc(-c2ccccc2)cc(C(C)C)c1-n1c(-c2[c-]ccc3c2oc2cc(-c4ccc(-c5ccccc5)cc4)ccc23)nc2nc(C(C)(C)C)ccc21.[2H]C([2H])([2H])c1c[c-]c(-c2ccc([Si](C)(C)C)cn2)cc1.[Ir]. The number of benzene rings is 7. The maximum absolute atomic E-state index is 7.35. The van der Waals surface area contributed by atoms with Gasteiger partial charge in [-0.1, -0.05) is 195 Å². The zero-order valence-corrected chi connectivity index (χ0v) is 47.3. The third-order valence-corrected chi connectivity index (χ3v) is 15.8. The van der Waals surface area contributed by atoms with Gasteiger partial charge in [-0.2, -0.15) is 0 Å². The predicted octanol–water partition coefficient (Wildman–Crippen LogP) is 17.7. The average molecular weight is 1160 g/mol. The van der Waals surface area contributed by atoms with Gasteiger partial charge in [0.1, 0.15) is 5.58 Å². The first-order valence-electron chi connectivity index (χ1n) is 26.9. The molecule has 11 rings (SSSR count). The molecule has 7 aromatic carbocycles. The third kappa shape index (κ3) is 10.5. The minimum Gasteiger partial charge on any atom is -0.501 e. The third-order valence-electron chi connectivity index (χ3n) is 13.7. The Morgan fingerprint density at radius 2 is 1.24 bits per heavy atom. The van der Waals surface area contributed by atoms with Gasteiger partial charge >= 0.3 is 0 Å². The summed E-state index contributed by atoms with van der Waals surface area (Å²) in [7, 11) is -1.34. The number of aromatic nitrogens is 4. The number of pyridine rings is 2. The molecule has 0 saturated carbocycles. The molecule has 0 aliphatic rings. The molecule has 4 heterocycles. The first-order chi connectivity index (χ1) is 36.2. The van der Waals surface area contributed by atoms with E-state index in [9.17, 15) is 0 Å². The van der Waals surface area contributed by atoms with Crippen LogP contribution in [0.5, 0.6) is 0 Å². The van der Waals surface area contributed by atoms with Crippen LogP contribution < -0.4 is 5.19 Å². The van der Waals surface area contributed by atoms with Crippen molar-refractivity contribution < 1.29 is 28.6 Å².